The van der Waals surface area contributed by atoms with Crippen molar-refractivity contribution in [1.29, 1.82) is 0 Å². The van der Waals surface area contributed by atoms with Crippen LogP contribution in [-0.4, -0.2) is 27.8 Å². The lowest BCUT2D eigenvalue weighted by Crippen LogP contribution is -2.29. The van der Waals surface area contributed by atoms with Crippen LogP contribution in [0.3, 0.4) is 0 Å². The predicted octanol–water partition coefficient (Wildman–Crippen LogP) is 1.52. The molecular formula is C11H12ClN3O2S. The van der Waals surface area contributed by atoms with E-state index in [-0.39, 0.29) is 18.9 Å². The highest BCUT2D eigenvalue weighted by atomic mass is 35.5. The topological polar surface area (TPSA) is 78.0 Å². The van der Waals surface area contributed by atoms with E-state index in [2.05, 4.69) is 15.5 Å². The molecule has 0 aliphatic carbocycles. The van der Waals surface area contributed by atoms with Gasteiger partial charge in [0, 0.05) is 23.3 Å². The van der Waals surface area contributed by atoms with Gasteiger partial charge in [0.05, 0.1) is 10.8 Å². The number of nitrogens with zero attached hydrogens (tertiary/aromatic N) is 1. The van der Waals surface area contributed by atoms with Crippen LogP contribution in [-0.2, 0) is 11.2 Å². The van der Waals surface area contributed by atoms with Crippen molar-refractivity contribution in [2.24, 2.45) is 0 Å². The van der Waals surface area contributed by atoms with E-state index in [1.807, 2.05) is 0 Å². The fraction of sp³-hybridized carbons (Fsp3) is 0.273. The van der Waals surface area contributed by atoms with Gasteiger partial charge >= 0.3 is 0 Å². The number of nitrogens with one attached hydrogen (secondary N) is 2. The summed E-state index contributed by atoms with van der Waals surface area (Å²) in [5.74, 6) is -0.166. The number of aromatic nitrogens is 2. The van der Waals surface area contributed by atoms with Gasteiger partial charge in [0.15, 0.2) is 0 Å². The first-order valence-corrected chi connectivity index (χ1v) is 6.53. The summed E-state index contributed by atoms with van der Waals surface area (Å²) in [6.07, 6.45) is 1.08. The number of rotatable bonds is 5. The predicted molar refractivity (Wildman–Crippen MR) is 69.6 cm³/mol. The van der Waals surface area contributed by atoms with Gasteiger partial charge in [-0.2, -0.15) is 5.10 Å². The molecule has 2 aromatic heterocycles. The fourth-order valence-corrected chi connectivity index (χ4v) is 2.48. The Bertz CT molecular complexity index is 512. The van der Waals surface area contributed by atoms with Crippen molar-refractivity contribution in [2.75, 3.05) is 6.54 Å². The summed E-state index contributed by atoms with van der Waals surface area (Å²) in [6.45, 7) is 0.170. The molecule has 1 amide bonds. The first-order chi connectivity index (χ1) is 8.65. The number of carbonyl (C=O) groups is 1. The molecule has 0 spiro atoms. The average Bonchev–Trinajstić information content (AvgIpc) is 2.97. The molecule has 0 bridgehead atoms. The van der Waals surface area contributed by atoms with Crippen molar-refractivity contribution < 1.29 is 9.90 Å². The molecule has 1 atom stereocenters. The lowest BCUT2D eigenvalue weighted by atomic mass is 10.2. The normalized spacial score (nSPS) is 12.3. The molecule has 3 N–H and O–H groups in total. The van der Waals surface area contributed by atoms with Crippen molar-refractivity contribution in [3.05, 3.63) is 39.3 Å². The third kappa shape index (κ3) is 3.56. The summed E-state index contributed by atoms with van der Waals surface area (Å²) in [5.41, 5.74) is 0.737. The third-order valence-corrected chi connectivity index (χ3v) is 3.66. The Balaban J connectivity index is 1.79. The Labute approximate surface area is 113 Å². The summed E-state index contributed by atoms with van der Waals surface area (Å²) in [6, 6.07) is 5.20. The maximum Gasteiger partial charge on any atom is 0.226 e. The molecule has 96 valence electrons. The highest BCUT2D eigenvalue weighted by Crippen LogP contribution is 2.26. The number of amides is 1. The molecule has 0 aliphatic heterocycles. The smallest absolute Gasteiger partial charge is 0.226 e. The van der Waals surface area contributed by atoms with E-state index in [9.17, 15) is 9.90 Å². The zero-order chi connectivity index (χ0) is 13.0. The van der Waals surface area contributed by atoms with Gasteiger partial charge in [0.2, 0.25) is 5.91 Å². The highest BCUT2D eigenvalue weighted by Gasteiger charge is 2.12. The Hall–Kier alpha value is -1.37. The Morgan fingerprint density at radius 3 is 3.00 bits per heavy atom. The molecule has 2 heterocycles. The summed E-state index contributed by atoms with van der Waals surface area (Å²) < 4.78 is 0.618. The zero-order valence-electron chi connectivity index (χ0n) is 9.39. The SMILES string of the molecule is O=C(Cc1ccn[nH]1)NCC(O)c1ccc(Cl)s1. The lowest BCUT2D eigenvalue weighted by molar-refractivity contribution is -0.120. The van der Waals surface area contributed by atoms with E-state index < -0.39 is 6.10 Å². The molecule has 5 nitrogen and oxygen atoms in total. The zero-order valence-corrected chi connectivity index (χ0v) is 11.0. The van der Waals surface area contributed by atoms with Crippen LogP contribution in [0.2, 0.25) is 4.34 Å². The van der Waals surface area contributed by atoms with Crippen molar-refractivity contribution in [3.8, 4) is 0 Å². The number of carbonyl (C=O) groups excluding carboxylic acids is 1. The number of halogens is 1. The Morgan fingerprint density at radius 2 is 2.39 bits per heavy atom. The molecule has 0 aromatic carbocycles. The fourth-order valence-electron chi connectivity index (χ4n) is 1.44. The van der Waals surface area contributed by atoms with Gasteiger partial charge in [-0.15, -0.1) is 11.3 Å². The number of thiophene rings is 1. The molecule has 1 unspecified atom stereocenters. The van der Waals surface area contributed by atoms with Gasteiger partial charge in [0.1, 0.15) is 6.10 Å². The molecular weight excluding hydrogens is 274 g/mol. The maximum atomic E-state index is 11.6. The molecule has 2 rings (SSSR count). The molecule has 18 heavy (non-hydrogen) atoms. The molecule has 0 aliphatic rings. The van der Waals surface area contributed by atoms with E-state index in [1.165, 1.54) is 11.3 Å². The largest absolute Gasteiger partial charge is 0.386 e. The number of aliphatic hydroxyl groups is 1. The van der Waals surface area contributed by atoms with E-state index in [0.29, 0.717) is 4.34 Å². The van der Waals surface area contributed by atoms with Crippen LogP contribution >= 0.6 is 22.9 Å². The molecule has 0 fully saturated rings. The van der Waals surface area contributed by atoms with Crippen molar-refractivity contribution >= 4 is 28.8 Å². The van der Waals surface area contributed by atoms with Crippen LogP contribution in [0.25, 0.3) is 0 Å². The van der Waals surface area contributed by atoms with Gasteiger partial charge in [-0.3, -0.25) is 9.89 Å². The van der Waals surface area contributed by atoms with Crippen molar-refractivity contribution in [3.63, 3.8) is 0 Å². The first-order valence-electron chi connectivity index (χ1n) is 5.33. The standard InChI is InChI=1S/C11H12ClN3O2S/c12-10-2-1-9(18-10)8(16)6-13-11(17)5-7-3-4-14-15-7/h1-4,8,16H,5-6H2,(H,13,17)(H,14,15). The quantitative estimate of drug-likeness (QED) is 0.779. The molecule has 7 heteroatoms. The summed E-state index contributed by atoms with van der Waals surface area (Å²) in [7, 11) is 0. The number of hydrogen-bond donors (Lipinski definition) is 3. The second-order valence-electron chi connectivity index (χ2n) is 3.72. The van der Waals surface area contributed by atoms with Gasteiger partial charge < -0.3 is 10.4 Å². The van der Waals surface area contributed by atoms with Crippen molar-refractivity contribution in [1.82, 2.24) is 15.5 Å². The number of hydrogen-bond acceptors (Lipinski definition) is 4. The van der Waals surface area contributed by atoms with E-state index in [4.69, 9.17) is 11.6 Å². The van der Waals surface area contributed by atoms with Gasteiger partial charge in [-0.25, -0.2) is 0 Å². The maximum absolute atomic E-state index is 11.6. The molecule has 0 radical (unpaired) electrons. The van der Waals surface area contributed by atoms with Crippen molar-refractivity contribution in [2.45, 2.75) is 12.5 Å². The van der Waals surface area contributed by atoms with Crippen LogP contribution in [0.5, 0.6) is 0 Å². The monoisotopic (exact) mass is 285 g/mol. The van der Waals surface area contributed by atoms with Crippen LogP contribution < -0.4 is 5.32 Å². The van der Waals surface area contributed by atoms with Gasteiger partial charge in [-0.1, -0.05) is 11.6 Å². The number of aliphatic hydroxyl groups excluding tert-OH is 1. The minimum Gasteiger partial charge on any atom is -0.386 e. The Kier molecular flexibility index (Phi) is 4.35. The number of aromatic amines is 1. The summed E-state index contributed by atoms with van der Waals surface area (Å²) >= 11 is 7.07. The molecule has 2 aromatic rings. The first kappa shape index (κ1) is 13.1. The van der Waals surface area contributed by atoms with Crippen LogP contribution in [0, 0.1) is 0 Å². The second kappa shape index (κ2) is 5.99. The molecule has 0 saturated heterocycles. The Morgan fingerprint density at radius 1 is 1.56 bits per heavy atom. The van der Waals surface area contributed by atoms with E-state index >= 15 is 0 Å². The molecule has 0 saturated carbocycles. The van der Waals surface area contributed by atoms with Crippen LogP contribution in [0.4, 0.5) is 0 Å². The van der Waals surface area contributed by atoms with Gasteiger partial charge in [-0.05, 0) is 18.2 Å². The summed E-state index contributed by atoms with van der Waals surface area (Å²) in [4.78, 5) is 12.3. The average molecular weight is 286 g/mol. The summed E-state index contributed by atoms with van der Waals surface area (Å²) in [5, 5.41) is 18.9. The van der Waals surface area contributed by atoms with E-state index in [1.54, 1.807) is 24.4 Å². The minimum absolute atomic E-state index is 0.166. The highest BCUT2D eigenvalue weighted by molar-refractivity contribution is 7.16. The van der Waals surface area contributed by atoms with Crippen LogP contribution in [0.1, 0.15) is 16.7 Å². The van der Waals surface area contributed by atoms with Gasteiger partial charge in [0.25, 0.3) is 0 Å². The second-order valence-corrected chi connectivity index (χ2v) is 5.47. The minimum atomic E-state index is -0.729. The van der Waals surface area contributed by atoms with E-state index in [0.717, 1.165) is 10.6 Å². The van der Waals surface area contributed by atoms with Crippen LogP contribution in [0.15, 0.2) is 24.4 Å². The lowest BCUT2D eigenvalue weighted by Gasteiger charge is -2.09. The number of H-pyrrole nitrogens is 1. The third-order valence-electron chi connectivity index (χ3n) is 2.32.